The van der Waals surface area contributed by atoms with E-state index in [1.807, 2.05) is 46.8 Å². The van der Waals surface area contributed by atoms with E-state index in [-0.39, 0.29) is 23.3 Å². The molecule has 0 radical (unpaired) electrons. The van der Waals surface area contributed by atoms with Gasteiger partial charge < -0.3 is 15.4 Å². The van der Waals surface area contributed by atoms with Crippen LogP contribution in [0.5, 0.6) is 5.75 Å². The van der Waals surface area contributed by atoms with Gasteiger partial charge in [-0.2, -0.15) is 18.2 Å². The number of nitrogens with zero attached hydrogens (tertiary/aromatic N) is 2. The van der Waals surface area contributed by atoms with Gasteiger partial charge in [-0.1, -0.05) is 39.8 Å². The molecule has 8 heteroatoms. The first-order chi connectivity index (χ1) is 15.5. The van der Waals surface area contributed by atoms with Gasteiger partial charge in [0.2, 0.25) is 5.95 Å². The predicted octanol–water partition coefficient (Wildman–Crippen LogP) is 7.46. The van der Waals surface area contributed by atoms with E-state index in [0.717, 1.165) is 18.2 Å². The second-order valence-electron chi connectivity index (χ2n) is 8.90. The number of hydrogen-bond acceptors (Lipinski definition) is 5. The lowest BCUT2D eigenvalue weighted by Gasteiger charge is -2.20. The van der Waals surface area contributed by atoms with Crippen LogP contribution in [0.3, 0.4) is 0 Å². The summed E-state index contributed by atoms with van der Waals surface area (Å²) in [7, 11) is 0. The minimum atomic E-state index is -4.60. The fourth-order valence-corrected chi connectivity index (χ4v) is 3.01. The Hall–Kier alpha value is -3.29. The van der Waals surface area contributed by atoms with E-state index >= 15 is 0 Å². The molecule has 0 bridgehead atoms. The van der Waals surface area contributed by atoms with E-state index in [9.17, 15) is 13.2 Å². The predicted molar refractivity (Wildman–Crippen MR) is 126 cm³/mol. The van der Waals surface area contributed by atoms with Crippen molar-refractivity contribution in [2.45, 2.75) is 58.7 Å². The van der Waals surface area contributed by atoms with Crippen LogP contribution in [0.15, 0.2) is 54.7 Å². The first-order valence-electron chi connectivity index (χ1n) is 10.8. The molecule has 0 saturated heterocycles. The van der Waals surface area contributed by atoms with Crippen molar-refractivity contribution in [3.05, 3.63) is 65.9 Å². The number of halogens is 3. The molecule has 0 aliphatic carbocycles. The second-order valence-corrected chi connectivity index (χ2v) is 8.90. The molecule has 1 atom stereocenters. The van der Waals surface area contributed by atoms with Crippen LogP contribution in [0, 0.1) is 0 Å². The third-order valence-corrected chi connectivity index (χ3v) is 5.11. The molecule has 0 spiro atoms. The summed E-state index contributed by atoms with van der Waals surface area (Å²) in [4.78, 5) is 7.99. The summed E-state index contributed by atoms with van der Waals surface area (Å²) < 4.78 is 46.6. The molecule has 5 nitrogen and oxygen atoms in total. The second kappa shape index (κ2) is 9.68. The van der Waals surface area contributed by atoms with E-state index in [4.69, 9.17) is 4.74 Å². The Bertz CT molecular complexity index is 1080. The van der Waals surface area contributed by atoms with E-state index < -0.39 is 11.7 Å². The van der Waals surface area contributed by atoms with Crippen LogP contribution in [-0.2, 0) is 11.6 Å². The van der Waals surface area contributed by atoms with Crippen LogP contribution in [0.1, 0.15) is 52.2 Å². The van der Waals surface area contributed by atoms with Gasteiger partial charge in [0.05, 0.1) is 6.10 Å². The Morgan fingerprint density at radius 1 is 0.970 bits per heavy atom. The van der Waals surface area contributed by atoms with Gasteiger partial charge in [-0.15, -0.1) is 0 Å². The highest BCUT2D eigenvalue weighted by atomic mass is 19.4. The first kappa shape index (κ1) is 24.4. The molecule has 0 aliphatic rings. The van der Waals surface area contributed by atoms with Crippen LogP contribution >= 0.6 is 0 Å². The quantitative estimate of drug-likeness (QED) is 0.385. The van der Waals surface area contributed by atoms with Crippen molar-refractivity contribution in [3.8, 4) is 5.75 Å². The SMILES string of the molecule is CCC(C)Oc1ccc(Nc2ncc(C(F)(F)F)c(Nc3cccc(C(C)(C)C)c3)n2)cc1. The molecule has 176 valence electrons. The van der Waals surface area contributed by atoms with E-state index in [0.29, 0.717) is 17.1 Å². The fraction of sp³-hybridized carbons (Fsp3) is 0.360. The number of aromatic nitrogens is 2. The molecule has 2 aromatic carbocycles. The highest BCUT2D eigenvalue weighted by Gasteiger charge is 2.35. The summed E-state index contributed by atoms with van der Waals surface area (Å²) in [5.74, 6) is 0.445. The summed E-state index contributed by atoms with van der Waals surface area (Å²) in [5, 5.41) is 5.78. The maximum absolute atomic E-state index is 13.6. The van der Waals surface area contributed by atoms with Crippen LogP contribution < -0.4 is 15.4 Å². The molecule has 1 heterocycles. The molecule has 3 aromatic rings. The summed E-state index contributed by atoms with van der Waals surface area (Å²) in [6, 6.07) is 14.4. The minimum absolute atomic E-state index is 0.0491. The number of anilines is 4. The van der Waals surface area contributed by atoms with Gasteiger partial charge >= 0.3 is 6.18 Å². The molecule has 0 saturated carbocycles. The largest absolute Gasteiger partial charge is 0.491 e. The van der Waals surface area contributed by atoms with Crippen molar-refractivity contribution in [2.24, 2.45) is 0 Å². The van der Waals surface area contributed by atoms with Crippen molar-refractivity contribution in [2.75, 3.05) is 10.6 Å². The lowest BCUT2D eigenvalue weighted by atomic mass is 9.87. The molecular formula is C25H29F3N4O. The number of hydrogen-bond donors (Lipinski definition) is 2. The number of rotatable bonds is 7. The monoisotopic (exact) mass is 458 g/mol. The Labute approximate surface area is 192 Å². The van der Waals surface area contributed by atoms with Crippen LogP contribution in [0.4, 0.5) is 36.3 Å². The minimum Gasteiger partial charge on any atom is -0.491 e. The molecule has 0 amide bonds. The normalized spacial score (nSPS) is 12.8. The maximum atomic E-state index is 13.6. The zero-order valence-electron chi connectivity index (χ0n) is 19.4. The Balaban J connectivity index is 1.86. The number of nitrogens with one attached hydrogen (secondary N) is 2. The van der Waals surface area contributed by atoms with E-state index in [1.54, 1.807) is 36.4 Å². The molecule has 1 aromatic heterocycles. The van der Waals surface area contributed by atoms with Gasteiger partial charge in [-0.25, -0.2) is 4.98 Å². The standard InChI is InChI=1S/C25H29F3N4O/c1-6-16(2)33-20-12-10-18(11-13-20)31-23-29-15-21(25(26,27)28)22(32-23)30-19-9-7-8-17(14-19)24(3,4)5/h7-16H,6H2,1-5H3,(H2,29,30,31,32). The van der Waals surface area contributed by atoms with Gasteiger partial charge in [0.1, 0.15) is 17.1 Å². The molecule has 0 aliphatic heterocycles. The van der Waals surface area contributed by atoms with Crippen molar-refractivity contribution >= 4 is 23.1 Å². The zero-order chi connectivity index (χ0) is 24.2. The van der Waals surface area contributed by atoms with Crippen LogP contribution in [0.25, 0.3) is 0 Å². The summed E-state index contributed by atoms with van der Waals surface area (Å²) >= 11 is 0. The van der Waals surface area contributed by atoms with Gasteiger partial charge in [-0.05, 0) is 60.7 Å². The molecule has 2 N–H and O–H groups in total. The molecule has 3 rings (SSSR count). The summed E-state index contributed by atoms with van der Waals surface area (Å²) in [5.41, 5.74) is 1.06. The van der Waals surface area contributed by atoms with Gasteiger partial charge in [-0.3, -0.25) is 0 Å². The van der Waals surface area contributed by atoms with Crippen molar-refractivity contribution < 1.29 is 17.9 Å². The smallest absolute Gasteiger partial charge is 0.421 e. The molecule has 0 fully saturated rings. The zero-order valence-corrected chi connectivity index (χ0v) is 19.4. The molecular weight excluding hydrogens is 429 g/mol. The number of ether oxygens (including phenoxy) is 1. The average Bonchev–Trinajstić information content (AvgIpc) is 2.74. The third kappa shape index (κ3) is 6.60. The van der Waals surface area contributed by atoms with Gasteiger partial charge in [0.15, 0.2) is 0 Å². The lowest BCUT2D eigenvalue weighted by Crippen LogP contribution is -2.14. The number of alkyl halides is 3. The first-order valence-corrected chi connectivity index (χ1v) is 10.8. The van der Waals surface area contributed by atoms with Crippen molar-refractivity contribution in [1.29, 1.82) is 0 Å². The molecule has 1 unspecified atom stereocenters. The highest BCUT2D eigenvalue weighted by molar-refractivity contribution is 5.63. The Kier molecular flexibility index (Phi) is 7.15. The Morgan fingerprint density at radius 3 is 2.27 bits per heavy atom. The molecule has 33 heavy (non-hydrogen) atoms. The van der Waals surface area contributed by atoms with Crippen LogP contribution in [-0.4, -0.2) is 16.1 Å². The number of benzene rings is 2. The van der Waals surface area contributed by atoms with Crippen LogP contribution in [0.2, 0.25) is 0 Å². The van der Waals surface area contributed by atoms with Crippen molar-refractivity contribution in [1.82, 2.24) is 9.97 Å². The van der Waals surface area contributed by atoms with Crippen molar-refractivity contribution in [3.63, 3.8) is 0 Å². The summed E-state index contributed by atoms with van der Waals surface area (Å²) in [6.07, 6.45) is -2.84. The van der Waals surface area contributed by atoms with Gasteiger partial charge in [0.25, 0.3) is 0 Å². The van der Waals surface area contributed by atoms with E-state index in [1.165, 1.54) is 0 Å². The topological polar surface area (TPSA) is 59.1 Å². The Morgan fingerprint density at radius 2 is 1.67 bits per heavy atom. The maximum Gasteiger partial charge on any atom is 0.421 e. The third-order valence-electron chi connectivity index (χ3n) is 5.11. The highest BCUT2D eigenvalue weighted by Crippen LogP contribution is 2.36. The summed E-state index contributed by atoms with van der Waals surface area (Å²) in [6.45, 7) is 10.1. The lowest BCUT2D eigenvalue weighted by molar-refractivity contribution is -0.137. The average molecular weight is 459 g/mol. The van der Waals surface area contributed by atoms with Gasteiger partial charge in [0, 0.05) is 17.6 Å². The fourth-order valence-electron chi connectivity index (χ4n) is 3.01. The van der Waals surface area contributed by atoms with E-state index in [2.05, 4.69) is 20.6 Å².